The average Bonchev–Trinajstić information content (AvgIpc) is 3.07. The number of benzene rings is 1. The molecule has 0 radical (unpaired) electrons. The van der Waals surface area contributed by atoms with Gasteiger partial charge in [0.2, 0.25) is 5.82 Å². The summed E-state index contributed by atoms with van der Waals surface area (Å²) >= 11 is 0. The van der Waals surface area contributed by atoms with Crippen LogP contribution in [0.4, 0.5) is 23.4 Å². The van der Waals surface area contributed by atoms with Gasteiger partial charge in [0.25, 0.3) is 0 Å². The summed E-state index contributed by atoms with van der Waals surface area (Å²) in [5.74, 6) is -2.02. The zero-order chi connectivity index (χ0) is 20.6. The number of halogens is 4. The smallest absolute Gasteiger partial charge is 0.382 e. The number of fused-ring (bicyclic) bond motifs is 1. The first-order chi connectivity index (χ1) is 13.8. The van der Waals surface area contributed by atoms with Crippen molar-refractivity contribution < 1.29 is 22.3 Å². The van der Waals surface area contributed by atoms with E-state index in [1.165, 1.54) is 16.8 Å². The summed E-state index contributed by atoms with van der Waals surface area (Å²) in [6, 6.07) is 6.22. The number of nitrogen functional groups attached to an aromatic ring is 1. The van der Waals surface area contributed by atoms with Gasteiger partial charge in [-0.15, -0.1) is 5.10 Å². The maximum absolute atomic E-state index is 13.1. The first kappa shape index (κ1) is 19.5. The molecule has 1 aliphatic heterocycles. The van der Waals surface area contributed by atoms with Crippen molar-refractivity contribution in [1.29, 1.82) is 0 Å². The second-order valence-corrected chi connectivity index (χ2v) is 6.73. The molecule has 1 aromatic carbocycles. The molecule has 1 saturated heterocycles. The van der Waals surface area contributed by atoms with Crippen molar-refractivity contribution in [3.8, 4) is 0 Å². The van der Waals surface area contributed by atoms with E-state index < -0.39 is 12.0 Å². The van der Waals surface area contributed by atoms with Crippen molar-refractivity contribution in [1.82, 2.24) is 29.9 Å². The highest BCUT2D eigenvalue weighted by molar-refractivity contribution is 5.80. The SMILES string of the molecule is Nc1nc(C(F)(F)F)nc2c1nnn2CC1CN(Cc2ccc(F)cc2)CCO1. The number of hydrogen-bond acceptors (Lipinski definition) is 7. The molecule has 1 atom stereocenters. The largest absolute Gasteiger partial charge is 0.451 e. The number of nitrogens with zero attached hydrogens (tertiary/aromatic N) is 6. The number of anilines is 1. The van der Waals surface area contributed by atoms with Gasteiger partial charge in [-0.05, 0) is 17.7 Å². The standard InChI is InChI=1S/C17H17F4N7O/c18-11-3-1-10(2-4-11)7-27-5-6-29-12(8-27)9-28-15-13(25-26-28)14(22)23-16(24-15)17(19,20)21/h1-4,12H,5-9H2,(H2,22,23,24). The first-order valence-electron chi connectivity index (χ1n) is 8.82. The van der Waals surface area contributed by atoms with Crippen LogP contribution in [0.15, 0.2) is 24.3 Å². The van der Waals surface area contributed by atoms with Crippen LogP contribution in [0.25, 0.3) is 11.2 Å². The van der Waals surface area contributed by atoms with Crippen molar-refractivity contribution in [3.05, 3.63) is 41.5 Å². The van der Waals surface area contributed by atoms with Crippen molar-refractivity contribution in [3.63, 3.8) is 0 Å². The molecule has 3 aromatic rings. The van der Waals surface area contributed by atoms with E-state index in [0.717, 1.165) is 5.56 Å². The molecule has 4 rings (SSSR count). The van der Waals surface area contributed by atoms with E-state index in [9.17, 15) is 17.6 Å². The molecule has 2 aromatic heterocycles. The summed E-state index contributed by atoms with van der Waals surface area (Å²) in [5, 5.41) is 7.66. The van der Waals surface area contributed by atoms with Gasteiger partial charge in [0.15, 0.2) is 17.0 Å². The van der Waals surface area contributed by atoms with Gasteiger partial charge in [-0.25, -0.2) is 19.0 Å². The van der Waals surface area contributed by atoms with E-state index in [-0.39, 0.29) is 35.4 Å². The lowest BCUT2D eigenvalue weighted by molar-refractivity contribution is -0.144. The lowest BCUT2D eigenvalue weighted by Crippen LogP contribution is -2.43. The van der Waals surface area contributed by atoms with Crippen molar-refractivity contribution in [2.45, 2.75) is 25.4 Å². The number of rotatable bonds is 4. The van der Waals surface area contributed by atoms with Crippen molar-refractivity contribution >= 4 is 17.0 Å². The third-order valence-corrected chi connectivity index (χ3v) is 4.56. The highest BCUT2D eigenvalue weighted by Crippen LogP contribution is 2.28. The van der Waals surface area contributed by atoms with Crippen LogP contribution in [0, 0.1) is 5.82 Å². The van der Waals surface area contributed by atoms with Crippen LogP contribution < -0.4 is 5.73 Å². The number of nitrogens with two attached hydrogens (primary N) is 1. The first-order valence-corrected chi connectivity index (χ1v) is 8.82. The number of ether oxygens (including phenoxy) is 1. The highest BCUT2D eigenvalue weighted by atomic mass is 19.4. The molecule has 0 amide bonds. The van der Waals surface area contributed by atoms with Crippen LogP contribution in [-0.4, -0.2) is 55.7 Å². The molecule has 2 N–H and O–H groups in total. The van der Waals surface area contributed by atoms with Gasteiger partial charge in [0.1, 0.15) is 5.82 Å². The summed E-state index contributed by atoms with van der Waals surface area (Å²) in [7, 11) is 0. The monoisotopic (exact) mass is 411 g/mol. The molecule has 3 heterocycles. The van der Waals surface area contributed by atoms with Crippen LogP contribution in [-0.2, 0) is 24.0 Å². The number of hydrogen-bond donors (Lipinski definition) is 1. The van der Waals surface area contributed by atoms with Crippen LogP contribution >= 0.6 is 0 Å². The van der Waals surface area contributed by atoms with Gasteiger partial charge < -0.3 is 10.5 Å². The average molecular weight is 411 g/mol. The summed E-state index contributed by atoms with van der Waals surface area (Å²) in [4.78, 5) is 8.92. The predicted octanol–water partition coefficient (Wildman–Crippen LogP) is 1.86. The predicted molar refractivity (Wildman–Crippen MR) is 93.9 cm³/mol. The highest BCUT2D eigenvalue weighted by Gasteiger charge is 2.36. The Morgan fingerprint density at radius 3 is 2.66 bits per heavy atom. The Bertz CT molecular complexity index is 1010. The molecule has 8 nitrogen and oxygen atoms in total. The number of morpholine rings is 1. The zero-order valence-corrected chi connectivity index (χ0v) is 15.1. The normalized spacial score (nSPS) is 18.4. The Morgan fingerprint density at radius 1 is 1.17 bits per heavy atom. The Balaban J connectivity index is 1.50. The lowest BCUT2D eigenvalue weighted by Gasteiger charge is -2.32. The van der Waals surface area contributed by atoms with Gasteiger partial charge in [-0.3, -0.25) is 4.90 Å². The van der Waals surface area contributed by atoms with Gasteiger partial charge in [0, 0.05) is 19.6 Å². The number of aromatic nitrogens is 5. The number of alkyl halides is 3. The Hall–Kier alpha value is -2.86. The fourth-order valence-corrected chi connectivity index (χ4v) is 3.20. The molecule has 154 valence electrons. The van der Waals surface area contributed by atoms with E-state index in [1.807, 2.05) is 0 Å². The van der Waals surface area contributed by atoms with E-state index >= 15 is 0 Å². The van der Waals surface area contributed by atoms with Crippen LogP contribution in [0.2, 0.25) is 0 Å². The third-order valence-electron chi connectivity index (χ3n) is 4.56. The minimum absolute atomic E-state index is 0.0111. The summed E-state index contributed by atoms with van der Waals surface area (Å²) in [6.07, 6.45) is -5.07. The summed E-state index contributed by atoms with van der Waals surface area (Å²) in [6.45, 7) is 2.41. The van der Waals surface area contributed by atoms with E-state index in [2.05, 4.69) is 25.2 Å². The molecule has 1 aliphatic rings. The quantitative estimate of drug-likeness (QED) is 0.655. The minimum atomic E-state index is -4.73. The van der Waals surface area contributed by atoms with Crippen LogP contribution in [0.1, 0.15) is 11.4 Å². The molecule has 29 heavy (non-hydrogen) atoms. The molecule has 0 bridgehead atoms. The second kappa shape index (κ2) is 7.52. The molecule has 12 heteroatoms. The van der Waals surface area contributed by atoms with E-state index in [0.29, 0.717) is 26.2 Å². The lowest BCUT2D eigenvalue weighted by atomic mass is 10.2. The maximum atomic E-state index is 13.1. The van der Waals surface area contributed by atoms with E-state index in [1.54, 1.807) is 12.1 Å². The molecule has 1 unspecified atom stereocenters. The van der Waals surface area contributed by atoms with Crippen LogP contribution in [0.3, 0.4) is 0 Å². The topological polar surface area (TPSA) is 95.0 Å². The fourth-order valence-electron chi connectivity index (χ4n) is 3.20. The molecular formula is C17H17F4N7O. The van der Waals surface area contributed by atoms with Crippen molar-refractivity contribution in [2.75, 3.05) is 25.4 Å². The third kappa shape index (κ3) is 4.27. The molecule has 0 spiro atoms. The maximum Gasteiger partial charge on any atom is 0.451 e. The fraction of sp³-hybridized carbons (Fsp3) is 0.412. The second-order valence-electron chi connectivity index (χ2n) is 6.73. The summed E-state index contributed by atoms with van der Waals surface area (Å²) < 4.78 is 59.0. The Kier molecular flexibility index (Phi) is 5.04. The minimum Gasteiger partial charge on any atom is -0.382 e. The summed E-state index contributed by atoms with van der Waals surface area (Å²) in [5.41, 5.74) is 6.46. The Labute approximate surface area is 162 Å². The van der Waals surface area contributed by atoms with Gasteiger partial charge in [-0.1, -0.05) is 17.3 Å². The molecule has 0 saturated carbocycles. The van der Waals surface area contributed by atoms with Gasteiger partial charge in [0.05, 0.1) is 19.3 Å². The van der Waals surface area contributed by atoms with Crippen LogP contribution in [0.5, 0.6) is 0 Å². The zero-order valence-electron chi connectivity index (χ0n) is 15.1. The molecular weight excluding hydrogens is 394 g/mol. The van der Waals surface area contributed by atoms with Gasteiger partial charge >= 0.3 is 6.18 Å². The Morgan fingerprint density at radius 2 is 1.93 bits per heavy atom. The molecule has 1 fully saturated rings. The van der Waals surface area contributed by atoms with Gasteiger partial charge in [-0.2, -0.15) is 13.2 Å². The van der Waals surface area contributed by atoms with E-state index in [4.69, 9.17) is 10.5 Å². The van der Waals surface area contributed by atoms with Crippen molar-refractivity contribution in [2.24, 2.45) is 0 Å². The molecule has 0 aliphatic carbocycles.